The molecule has 2 amide bonds. The van der Waals surface area contributed by atoms with Gasteiger partial charge in [0.25, 0.3) is 5.91 Å². The highest BCUT2D eigenvalue weighted by Crippen LogP contribution is 2.35. The molecule has 184 valence electrons. The molecule has 1 aromatic heterocycles. The second-order valence-corrected chi connectivity index (χ2v) is 10.5. The fourth-order valence-corrected chi connectivity index (χ4v) is 4.84. The molecule has 1 fully saturated rings. The Bertz CT molecular complexity index is 1520. The summed E-state index contributed by atoms with van der Waals surface area (Å²) in [6.07, 6.45) is -1.70. The molecule has 0 spiro atoms. The molecular weight excluding hydrogens is 536 g/mol. The molecular formula is C20H13ClF4N4O4S2. The van der Waals surface area contributed by atoms with E-state index in [9.17, 15) is 31.2 Å². The van der Waals surface area contributed by atoms with Gasteiger partial charge in [-0.25, -0.2) is 12.8 Å². The number of aromatic nitrogens is 2. The molecule has 1 N–H and O–H groups in total. The van der Waals surface area contributed by atoms with E-state index in [1.165, 1.54) is 28.9 Å². The number of imide groups is 1. The highest BCUT2D eigenvalue weighted by atomic mass is 35.5. The van der Waals surface area contributed by atoms with Gasteiger partial charge in [-0.15, -0.1) is 4.83 Å². The Hall–Kier alpha value is -2.94. The third-order valence-corrected chi connectivity index (χ3v) is 6.44. The predicted octanol–water partition coefficient (Wildman–Crippen LogP) is 4.40. The Labute approximate surface area is 204 Å². The van der Waals surface area contributed by atoms with Crippen molar-refractivity contribution in [2.24, 2.45) is 0 Å². The molecule has 1 aliphatic heterocycles. The summed E-state index contributed by atoms with van der Waals surface area (Å²) in [6.45, 7) is -0.315. The monoisotopic (exact) mass is 548 g/mol. The van der Waals surface area contributed by atoms with Gasteiger partial charge in [-0.3, -0.25) is 14.3 Å². The van der Waals surface area contributed by atoms with Crippen molar-refractivity contribution in [3.05, 3.63) is 69.0 Å². The number of thioether (sulfide) groups is 1. The molecule has 2 heterocycles. The number of halogens is 5. The molecule has 0 aliphatic carbocycles. The third-order valence-electron chi connectivity index (χ3n) is 4.83. The first-order chi connectivity index (χ1) is 16.2. The van der Waals surface area contributed by atoms with Crippen LogP contribution in [0.15, 0.2) is 41.4 Å². The number of fused-ring (bicyclic) bond motifs is 1. The minimum Gasteiger partial charge on any atom is -0.266 e. The number of rotatable bonds is 5. The lowest BCUT2D eigenvalue weighted by molar-refractivity contribution is -0.138. The van der Waals surface area contributed by atoms with Crippen LogP contribution in [0, 0.1) is 5.82 Å². The van der Waals surface area contributed by atoms with Crippen molar-refractivity contribution >= 4 is 61.5 Å². The second-order valence-electron chi connectivity index (χ2n) is 7.38. The summed E-state index contributed by atoms with van der Waals surface area (Å²) >= 11 is 6.12. The van der Waals surface area contributed by atoms with Crippen LogP contribution in [0.1, 0.15) is 16.7 Å². The molecule has 1 aliphatic rings. The fourth-order valence-electron chi connectivity index (χ4n) is 3.34. The summed E-state index contributed by atoms with van der Waals surface area (Å²) in [5, 5.41) is 3.26. The zero-order valence-electron chi connectivity index (χ0n) is 17.4. The van der Waals surface area contributed by atoms with E-state index in [-0.39, 0.29) is 38.5 Å². The Kier molecular flexibility index (Phi) is 6.42. The first-order valence-corrected chi connectivity index (χ1v) is 12.6. The van der Waals surface area contributed by atoms with Crippen LogP contribution >= 0.6 is 23.4 Å². The topological polar surface area (TPSA) is 101 Å². The van der Waals surface area contributed by atoms with Crippen LogP contribution < -0.4 is 4.83 Å². The largest absolute Gasteiger partial charge is 0.416 e. The van der Waals surface area contributed by atoms with E-state index in [2.05, 4.69) is 5.10 Å². The Morgan fingerprint density at radius 1 is 1.20 bits per heavy atom. The van der Waals surface area contributed by atoms with E-state index >= 15 is 4.39 Å². The van der Waals surface area contributed by atoms with E-state index in [0.29, 0.717) is 16.8 Å². The van der Waals surface area contributed by atoms with Crippen molar-refractivity contribution < 1.29 is 35.6 Å². The maximum atomic E-state index is 15.2. The van der Waals surface area contributed by atoms with Gasteiger partial charge < -0.3 is 0 Å². The third kappa shape index (κ3) is 5.19. The molecule has 4 rings (SSSR count). The van der Waals surface area contributed by atoms with Crippen LogP contribution in [0.2, 0.25) is 5.02 Å². The number of amides is 2. The van der Waals surface area contributed by atoms with Crippen molar-refractivity contribution in [1.29, 1.82) is 0 Å². The average Bonchev–Trinajstić information content (AvgIpc) is 3.26. The molecule has 35 heavy (non-hydrogen) atoms. The number of benzene rings is 2. The molecule has 0 atom stereocenters. The standard InChI is InChI=1S/C20H13ClF4N4O4S2/c1-35(32,33)27-29-18(30)16(34-19(29)31)6-10-3-5-15-13(17(10)22)8-26-28(15)9-11-2-4-12(21)7-14(11)20(23,24)25/h2-8,27H,9H2,1H3/b16-6-. The van der Waals surface area contributed by atoms with Crippen molar-refractivity contribution in [1.82, 2.24) is 19.6 Å². The van der Waals surface area contributed by atoms with Gasteiger partial charge in [0.1, 0.15) is 5.82 Å². The molecule has 1 saturated heterocycles. The average molecular weight is 549 g/mol. The van der Waals surface area contributed by atoms with Gasteiger partial charge in [0.05, 0.1) is 40.4 Å². The number of hydrogen-bond donors (Lipinski definition) is 1. The fraction of sp³-hybridized carbons (Fsp3) is 0.150. The van der Waals surface area contributed by atoms with Gasteiger partial charge in [0.15, 0.2) is 0 Å². The molecule has 8 nitrogen and oxygen atoms in total. The lowest BCUT2D eigenvalue weighted by Crippen LogP contribution is -2.44. The molecule has 2 aromatic carbocycles. The maximum absolute atomic E-state index is 15.2. The number of hydrogen-bond acceptors (Lipinski definition) is 6. The number of nitrogens with zero attached hydrogens (tertiary/aromatic N) is 3. The van der Waals surface area contributed by atoms with Crippen molar-refractivity contribution in [3.63, 3.8) is 0 Å². The Balaban J connectivity index is 1.67. The Morgan fingerprint density at radius 2 is 1.91 bits per heavy atom. The summed E-state index contributed by atoms with van der Waals surface area (Å²) in [5.41, 5.74) is -0.980. The van der Waals surface area contributed by atoms with Crippen molar-refractivity contribution in [2.75, 3.05) is 6.26 Å². The summed E-state index contributed by atoms with van der Waals surface area (Å²) in [6, 6.07) is 5.99. The van der Waals surface area contributed by atoms with Crippen molar-refractivity contribution in [3.8, 4) is 0 Å². The number of carbonyl (C=O) groups is 2. The van der Waals surface area contributed by atoms with Gasteiger partial charge in [-0.1, -0.05) is 17.7 Å². The minimum absolute atomic E-state index is 0.0326. The van der Waals surface area contributed by atoms with Crippen LogP contribution in [0.4, 0.5) is 22.4 Å². The quantitative estimate of drug-likeness (QED) is 0.375. The van der Waals surface area contributed by atoms with Crippen LogP contribution in [-0.4, -0.2) is 40.6 Å². The van der Waals surface area contributed by atoms with E-state index in [4.69, 9.17) is 11.6 Å². The lowest BCUT2D eigenvalue weighted by atomic mass is 10.1. The maximum Gasteiger partial charge on any atom is 0.416 e. The normalized spacial score (nSPS) is 16.2. The number of sulfonamides is 1. The van der Waals surface area contributed by atoms with E-state index in [1.807, 2.05) is 0 Å². The summed E-state index contributed by atoms with van der Waals surface area (Å²) in [4.78, 5) is 25.9. The molecule has 0 radical (unpaired) electrons. The van der Waals surface area contributed by atoms with Gasteiger partial charge in [0.2, 0.25) is 10.0 Å². The Morgan fingerprint density at radius 3 is 2.57 bits per heavy atom. The second kappa shape index (κ2) is 8.93. The van der Waals surface area contributed by atoms with Crippen LogP contribution in [0.3, 0.4) is 0 Å². The highest BCUT2D eigenvalue weighted by Gasteiger charge is 2.37. The van der Waals surface area contributed by atoms with E-state index < -0.39 is 38.7 Å². The summed E-state index contributed by atoms with van der Waals surface area (Å²) in [7, 11) is -3.91. The SMILES string of the molecule is CS(=O)(=O)NN1C(=O)S/C(=C\c2ccc3c(cnn3Cc3ccc(Cl)cc3C(F)(F)F)c2F)C1=O. The molecule has 15 heteroatoms. The van der Waals surface area contributed by atoms with Gasteiger partial charge >= 0.3 is 11.4 Å². The van der Waals surface area contributed by atoms with E-state index in [1.54, 1.807) is 4.83 Å². The molecule has 3 aromatic rings. The van der Waals surface area contributed by atoms with Crippen molar-refractivity contribution in [2.45, 2.75) is 12.7 Å². The number of alkyl halides is 3. The lowest BCUT2D eigenvalue weighted by Gasteiger charge is -2.14. The minimum atomic E-state index is -4.66. The van der Waals surface area contributed by atoms with Gasteiger partial charge in [-0.05, 0) is 47.7 Å². The van der Waals surface area contributed by atoms with Gasteiger partial charge in [-0.2, -0.15) is 23.3 Å². The van der Waals surface area contributed by atoms with Crippen LogP contribution in [-0.2, 0) is 27.5 Å². The number of nitrogens with one attached hydrogen (secondary N) is 1. The first kappa shape index (κ1) is 25.2. The van der Waals surface area contributed by atoms with E-state index in [0.717, 1.165) is 24.6 Å². The molecule has 0 saturated carbocycles. The zero-order valence-corrected chi connectivity index (χ0v) is 19.8. The van der Waals surface area contributed by atoms with Gasteiger partial charge in [0, 0.05) is 10.6 Å². The van der Waals surface area contributed by atoms with Crippen LogP contribution in [0.5, 0.6) is 0 Å². The number of hydrazine groups is 1. The highest BCUT2D eigenvalue weighted by molar-refractivity contribution is 8.18. The smallest absolute Gasteiger partial charge is 0.266 e. The first-order valence-electron chi connectivity index (χ1n) is 9.49. The molecule has 0 bridgehead atoms. The molecule has 0 unspecified atom stereocenters. The number of carbonyl (C=O) groups excluding carboxylic acids is 2. The van der Waals surface area contributed by atoms with Crippen LogP contribution in [0.25, 0.3) is 17.0 Å². The predicted molar refractivity (Wildman–Crippen MR) is 121 cm³/mol. The zero-order chi connectivity index (χ0) is 25.7. The summed E-state index contributed by atoms with van der Waals surface area (Å²) in [5.74, 6) is -1.81. The summed E-state index contributed by atoms with van der Waals surface area (Å²) < 4.78 is 79.3.